The third-order valence-corrected chi connectivity index (χ3v) is 6.37. The van der Waals surface area contributed by atoms with Crippen LogP contribution in [0.3, 0.4) is 0 Å². The van der Waals surface area contributed by atoms with E-state index in [9.17, 15) is 19.2 Å². The fourth-order valence-corrected chi connectivity index (χ4v) is 4.67. The molecule has 37 heavy (non-hydrogen) atoms. The Morgan fingerprint density at radius 2 is 1.81 bits per heavy atom. The summed E-state index contributed by atoms with van der Waals surface area (Å²) < 4.78 is 11.1. The molecule has 2 aliphatic rings. The smallest absolute Gasteiger partial charge is 0.410 e. The molecule has 3 atom stereocenters. The number of carbonyl (C=O) groups excluding carboxylic acids is 4. The third-order valence-electron chi connectivity index (χ3n) is 6.37. The van der Waals surface area contributed by atoms with Gasteiger partial charge in [-0.15, -0.1) is 0 Å². The van der Waals surface area contributed by atoms with Gasteiger partial charge in [-0.1, -0.05) is 36.4 Å². The molecule has 10 nitrogen and oxygen atoms in total. The lowest BCUT2D eigenvalue weighted by Gasteiger charge is -2.30. The largest absolute Gasteiger partial charge is 0.444 e. The molecule has 10 heteroatoms. The number of carbonyl (C=O) groups is 4. The Kier molecular flexibility index (Phi) is 7.68. The number of benzene rings is 2. The Bertz CT molecular complexity index is 1190. The highest BCUT2D eigenvalue weighted by Gasteiger charge is 2.45. The molecule has 2 aromatic carbocycles. The monoisotopic (exact) mass is 510 g/mol. The van der Waals surface area contributed by atoms with Crippen molar-refractivity contribution < 1.29 is 28.7 Å². The van der Waals surface area contributed by atoms with Crippen molar-refractivity contribution in [1.82, 2.24) is 15.1 Å². The lowest BCUT2D eigenvalue weighted by Crippen LogP contribution is -2.54. The van der Waals surface area contributed by atoms with Crippen molar-refractivity contribution in [3.8, 4) is 0 Å². The molecular weight excluding hydrogens is 476 g/mol. The van der Waals surface area contributed by atoms with Crippen molar-refractivity contribution in [1.29, 1.82) is 0 Å². The standard InChI is InChI=1S/C27H34N4O6/c1-27(2,3)37-26(35)30(4)16-22(32)28-20-14-15-36-23-13-12-21(31(23)25(20)34)24(33)29-19-11-7-9-17-8-5-6-10-18(17)19/h5-11,20-21,23H,12-16H2,1-4H3,(H,28,32)(H,29,33)/t20?,21-,23+/m1/s1. The van der Waals surface area contributed by atoms with Gasteiger partial charge in [0.1, 0.15) is 30.5 Å². The fourth-order valence-electron chi connectivity index (χ4n) is 4.67. The summed E-state index contributed by atoms with van der Waals surface area (Å²) in [6.07, 6.45) is 0.0899. The number of nitrogens with zero attached hydrogens (tertiary/aromatic N) is 2. The van der Waals surface area contributed by atoms with Crippen LogP contribution in [-0.4, -0.2) is 77.7 Å². The summed E-state index contributed by atoms with van der Waals surface area (Å²) in [6.45, 7) is 5.21. The number of hydrogen-bond acceptors (Lipinski definition) is 6. The van der Waals surface area contributed by atoms with Crippen molar-refractivity contribution >= 4 is 40.3 Å². The van der Waals surface area contributed by atoms with Crippen LogP contribution in [0.4, 0.5) is 10.5 Å². The first-order chi connectivity index (χ1) is 17.5. The van der Waals surface area contributed by atoms with E-state index in [1.165, 1.54) is 11.9 Å². The molecule has 4 rings (SSSR count). The molecule has 4 amide bonds. The van der Waals surface area contributed by atoms with E-state index in [0.717, 1.165) is 15.7 Å². The first-order valence-corrected chi connectivity index (χ1v) is 12.5. The summed E-state index contributed by atoms with van der Waals surface area (Å²) in [5, 5.41) is 7.60. The second-order valence-electron chi connectivity index (χ2n) is 10.4. The van der Waals surface area contributed by atoms with Gasteiger partial charge < -0.3 is 29.9 Å². The van der Waals surface area contributed by atoms with Crippen molar-refractivity contribution in [2.45, 2.75) is 63.9 Å². The average Bonchev–Trinajstić information content (AvgIpc) is 3.19. The Balaban J connectivity index is 1.43. The Morgan fingerprint density at radius 3 is 2.57 bits per heavy atom. The lowest BCUT2D eigenvalue weighted by molar-refractivity contribution is -0.147. The molecule has 2 aromatic rings. The van der Waals surface area contributed by atoms with E-state index in [1.54, 1.807) is 20.8 Å². The lowest BCUT2D eigenvalue weighted by atomic mass is 10.1. The van der Waals surface area contributed by atoms with Gasteiger partial charge in [0.25, 0.3) is 0 Å². The summed E-state index contributed by atoms with van der Waals surface area (Å²) in [4.78, 5) is 54.3. The average molecular weight is 511 g/mol. The molecule has 0 bridgehead atoms. The molecule has 0 spiro atoms. The topological polar surface area (TPSA) is 117 Å². The van der Waals surface area contributed by atoms with Crippen LogP contribution in [-0.2, 0) is 23.9 Å². The molecule has 2 N–H and O–H groups in total. The second-order valence-corrected chi connectivity index (χ2v) is 10.4. The minimum atomic E-state index is -0.865. The molecule has 0 aromatic heterocycles. The highest BCUT2D eigenvalue weighted by Crippen LogP contribution is 2.31. The van der Waals surface area contributed by atoms with E-state index >= 15 is 0 Å². The van der Waals surface area contributed by atoms with Crippen LogP contribution >= 0.6 is 0 Å². The Hall–Kier alpha value is -3.66. The molecule has 1 unspecified atom stereocenters. The molecule has 2 saturated heterocycles. The maximum Gasteiger partial charge on any atom is 0.410 e. The molecule has 2 heterocycles. The van der Waals surface area contributed by atoms with Gasteiger partial charge in [-0.05, 0) is 45.1 Å². The van der Waals surface area contributed by atoms with E-state index in [0.29, 0.717) is 18.5 Å². The number of nitrogens with one attached hydrogen (secondary N) is 2. The first kappa shape index (κ1) is 26.4. The van der Waals surface area contributed by atoms with Gasteiger partial charge >= 0.3 is 6.09 Å². The molecule has 2 aliphatic heterocycles. The molecule has 0 saturated carbocycles. The van der Waals surface area contributed by atoms with E-state index in [-0.39, 0.29) is 31.4 Å². The normalized spacial score (nSPS) is 21.7. The molecule has 0 radical (unpaired) electrons. The number of amides is 4. The number of anilines is 1. The van der Waals surface area contributed by atoms with Crippen LogP contribution < -0.4 is 10.6 Å². The maximum atomic E-state index is 13.5. The van der Waals surface area contributed by atoms with Crippen LogP contribution in [0.1, 0.15) is 40.0 Å². The summed E-state index contributed by atoms with van der Waals surface area (Å²) in [6, 6.07) is 11.8. The Labute approximate surface area is 216 Å². The third kappa shape index (κ3) is 6.19. The fraction of sp³-hybridized carbons (Fsp3) is 0.481. The quantitative estimate of drug-likeness (QED) is 0.639. The summed E-state index contributed by atoms with van der Waals surface area (Å²) >= 11 is 0. The van der Waals surface area contributed by atoms with E-state index in [4.69, 9.17) is 9.47 Å². The molecule has 2 fully saturated rings. The maximum absolute atomic E-state index is 13.5. The number of rotatable bonds is 5. The summed E-state index contributed by atoms with van der Waals surface area (Å²) in [5.74, 6) is -1.17. The second kappa shape index (κ2) is 10.8. The Morgan fingerprint density at radius 1 is 1.08 bits per heavy atom. The SMILES string of the molecule is CN(CC(=O)NC1CCO[C@H]2CC[C@H](C(=O)Nc3cccc4ccccc34)N2C1=O)C(=O)OC(C)(C)C. The minimum Gasteiger partial charge on any atom is -0.444 e. The minimum absolute atomic E-state index is 0.261. The van der Waals surface area contributed by atoms with Gasteiger partial charge in [-0.2, -0.15) is 0 Å². The number of likely N-dealkylation sites (N-methyl/N-ethyl adjacent to an activating group) is 1. The highest BCUT2D eigenvalue weighted by molar-refractivity contribution is 6.05. The van der Waals surface area contributed by atoms with E-state index in [1.807, 2.05) is 42.5 Å². The van der Waals surface area contributed by atoms with Crippen molar-refractivity contribution in [3.63, 3.8) is 0 Å². The van der Waals surface area contributed by atoms with Crippen molar-refractivity contribution in [2.24, 2.45) is 0 Å². The van der Waals surface area contributed by atoms with Crippen LogP contribution in [0.15, 0.2) is 42.5 Å². The summed E-state index contributed by atoms with van der Waals surface area (Å²) in [7, 11) is 1.45. The zero-order valence-corrected chi connectivity index (χ0v) is 21.7. The molecule has 0 aliphatic carbocycles. The van der Waals surface area contributed by atoms with Crippen LogP contribution in [0.2, 0.25) is 0 Å². The molecule has 198 valence electrons. The van der Waals surface area contributed by atoms with Gasteiger partial charge in [0, 0.05) is 24.5 Å². The van der Waals surface area contributed by atoms with Gasteiger partial charge in [0.15, 0.2) is 0 Å². The number of hydrogen-bond donors (Lipinski definition) is 2. The summed E-state index contributed by atoms with van der Waals surface area (Å²) in [5.41, 5.74) is -0.0206. The van der Waals surface area contributed by atoms with Crippen LogP contribution in [0, 0.1) is 0 Å². The zero-order valence-electron chi connectivity index (χ0n) is 21.7. The highest BCUT2D eigenvalue weighted by atomic mass is 16.6. The van der Waals surface area contributed by atoms with Crippen molar-refractivity contribution in [2.75, 3.05) is 25.5 Å². The van der Waals surface area contributed by atoms with E-state index in [2.05, 4.69) is 10.6 Å². The van der Waals surface area contributed by atoms with Gasteiger partial charge in [-0.3, -0.25) is 14.4 Å². The van der Waals surface area contributed by atoms with Crippen LogP contribution in [0.25, 0.3) is 10.8 Å². The zero-order chi connectivity index (χ0) is 26.7. The van der Waals surface area contributed by atoms with Gasteiger partial charge in [-0.25, -0.2) is 4.79 Å². The number of fused-ring (bicyclic) bond motifs is 2. The van der Waals surface area contributed by atoms with Gasteiger partial charge in [0.2, 0.25) is 17.7 Å². The predicted molar refractivity (Wildman–Crippen MR) is 138 cm³/mol. The predicted octanol–water partition coefficient (Wildman–Crippen LogP) is 2.87. The van der Waals surface area contributed by atoms with Crippen molar-refractivity contribution in [3.05, 3.63) is 42.5 Å². The van der Waals surface area contributed by atoms with Crippen LogP contribution in [0.5, 0.6) is 0 Å². The molecular formula is C27H34N4O6. The number of ether oxygens (including phenoxy) is 2. The van der Waals surface area contributed by atoms with Gasteiger partial charge in [0.05, 0.1) is 6.61 Å². The first-order valence-electron chi connectivity index (χ1n) is 12.5. The van der Waals surface area contributed by atoms with E-state index < -0.39 is 35.9 Å².